The molecular formula is C14H19F2N. The average Bonchev–Trinajstić information content (AvgIpc) is 2.34. The van der Waals surface area contributed by atoms with Gasteiger partial charge >= 0.3 is 0 Å². The van der Waals surface area contributed by atoms with E-state index in [9.17, 15) is 8.78 Å². The van der Waals surface area contributed by atoms with Crippen LogP contribution in [0.3, 0.4) is 0 Å². The van der Waals surface area contributed by atoms with Gasteiger partial charge in [-0.2, -0.15) is 0 Å². The lowest BCUT2D eigenvalue weighted by atomic mass is 9.69. The van der Waals surface area contributed by atoms with E-state index in [0.29, 0.717) is 12.1 Å². The molecule has 0 spiro atoms. The minimum absolute atomic E-state index is 0.352. The van der Waals surface area contributed by atoms with Gasteiger partial charge in [0, 0.05) is 12.0 Å². The van der Waals surface area contributed by atoms with Crippen molar-refractivity contribution >= 4 is 0 Å². The molecule has 0 unspecified atom stereocenters. The Balaban J connectivity index is 2.49. The topological polar surface area (TPSA) is 26.0 Å². The Bertz CT molecular complexity index is 409. The zero-order valence-corrected chi connectivity index (χ0v) is 10.2. The van der Waals surface area contributed by atoms with Crippen LogP contribution in [-0.4, -0.2) is 6.54 Å². The molecule has 0 saturated heterocycles. The van der Waals surface area contributed by atoms with Gasteiger partial charge < -0.3 is 5.73 Å². The average molecular weight is 239 g/mol. The van der Waals surface area contributed by atoms with Gasteiger partial charge in [-0.1, -0.05) is 25.3 Å². The van der Waals surface area contributed by atoms with Crippen LogP contribution in [0.4, 0.5) is 8.78 Å². The van der Waals surface area contributed by atoms with Crippen LogP contribution in [0.5, 0.6) is 0 Å². The second kappa shape index (κ2) is 4.73. The molecule has 1 nitrogen and oxygen atoms in total. The Hall–Kier alpha value is -0.960. The summed E-state index contributed by atoms with van der Waals surface area (Å²) >= 11 is 0. The fourth-order valence-corrected chi connectivity index (χ4v) is 2.92. The number of hydrogen-bond acceptors (Lipinski definition) is 1. The van der Waals surface area contributed by atoms with E-state index < -0.39 is 11.6 Å². The molecule has 1 aromatic rings. The molecule has 1 aliphatic carbocycles. The summed E-state index contributed by atoms with van der Waals surface area (Å²) in [6, 6.07) is 3.00. The predicted molar refractivity (Wildman–Crippen MR) is 64.9 cm³/mol. The zero-order chi connectivity index (χ0) is 12.5. The molecule has 0 heterocycles. The highest BCUT2D eigenvalue weighted by Gasteiger charge is 2.35. The lowest BCUT2D eigenvalue weighted by Crippen LogP contribution is -2.38. The summed E-state index contributed by atoms with van der Waals surface area (Å²) in [6.07, 6.45) is 4.99. The molecular weight excluding hydrogens is 220 g/mol. The third kappa shape index (κ3) is 2.21. The fraction of sp³-hybridized carbons (Fsp3) is 0.571. The monoisotopic (exact) mass is 239 g/mol. The first kappa shape index (κ1) is 12.5. The molecule has 0 aromatic heterocycles. The maximum absolute atomic E-state index is 14.0. The quantitative estimate of drug-likeness (QED) is 0.840. The van der Waals surface area contributed by atoms with Crippen molar-refractivity contribution in [3.05, 3.63) is 34.9 Å². The smallest absolute Gasteiger partial charge is 0.162 e. The van der Waals surface area contributed by atoms with Crippen molar-refractivity contribution in [2.24, 2.45) is 5.73 Å². The standard InChI is InChI=1S/C14H19F2N/c1-10-7-11(13(16)12(15)8-10)14(9-17)5-3-2-4-6-14/h7-8H,2-6,9,17H2,1H3. The second-order valence-electron chi connectivity index (χ2n) is 5.15. The van der Waals surface area contributed by atoms with Crippen molar-refractivity contribution in [1.82, 2.24) is 0 Å². The van der Waals surface area contributed by atoms with Crippen molar-refractivity contribution in [1.29, 1.82) is 0 Å². The number of benzene rings is 1. The molecule has 1 fully saturated rings. The number of nitrogens with two attached hydrogens (primary N) is 1. The lowest BCUT2D eigenvalue weighted by molar-refractivity contribution is 0.288. The summed E-state index contributed by atoms with van der Waals surface area (Å²) < 4.78 is 27.5. The van der Waals surface area contributed by atoms with E-state index in [0.717, 1.165) is 37.7 Å². The molecule has 2 N–H and O–H groups in total. The molecule has 0 amide bonds. The van der Waals surface area contributed by atoms with E-state index in [1.54, 1.807) is 13.0 Å². The molecule has 1 aromatic carbocycles. The summed E-state index contributed by atoms with van der Waals surface area (Å²) in [4.78, 5) is 0. The number of aryl methyl sites for hydroxylation is 1. The molecule has 2 rings (SSSR count). The molecule has 1 aliphatic rings. The van der Waals surface area contributed by atoms with Crippen molar-refractivity contribution in [2.45, 2.75) is 44.4 Å². The van der Waals surface area contributed by atoms with E-state index in [1.807, 2.05) is 0 Å². The highest BCUT2D eigenvalue weighted by atomic mass is 19.2. The van der Waals surface area contributed by atoms with E-state index in [1.165, 1.54) is 6.07 Å². The third-order valence-corrected chi connectivity index (χ3v) is 3.95. The van der Waals surface area contributed by atoms with Gasteiger partial charge in [-0.3, -0.25) is 0 Å². The summed E-state index contributed by atoms with van der Waals surface area (Å²) in [5, 5.41) is 0. The van der Waals surface area contributed by atoms with E-state index in [4.69, 9.17) is 5.73 Å². The maximum Gasteiger partial charge on any atom is 0.162 e. The SMILES string of the molecule is Cc1cc(F)c(F)c(C2(CN)CCCCC2)c1. The summed E-state index contributed by atoms with van der Waals surface area (Å²) in [7, 11) is 0. The Morgan fingerprint density at radius 1 is 1.18 bits per heavy atom. The van der Waals surface area contributed by atoms with Crippen LogP contribution in [0, 0.1) is 18.6 Å². The Morgan fingerprint density at radius 2 is 1.82 bits per heavy atom. The predicted octanol–water partition coefficient (Wildman–Crippen LogP) is 3.43. The molecule has 0 radical (unpaired) electrons. The van der Waals surface area contributed by atoms with Gasteiger partial charge in [-0.25, -0.2) is 8.78 Å². The minimum atomic E-state index is -0.751. The van der Waals surface area contributed by atoms with Crippen LogP contribution >= 0.6 is 0 Å². The molecule has 94 valence electrons. The van der Waals surface area contributed by atoms with Gasteiger partial charge in [0.15, 0.2) is 11.6 Å². The van der Waals surface area contributed by atoms with E-state index in [2.05, 4.69) is 0 Å². The number of rotatable bonds is 2. The second-order valence-corrected chi connectivity index (χ2v) is 5.15. The van der Waals surface area contributed by atoms with Crippen LogP contribution in [0.25, 0.3) is 0 Å². The normalized spacial score (nSPS) is 19.3. The highest BCUT2D eigenvalue weighted by molar-refractivity contribution is 5.33. The molecule has 0 bridgehead atoms. The Kier molecular flexibility index (Phi) is 3.48. The fourth-order valence-electron chi connectivity index (χ4n) is 2.92. The molecule has 3 heteroatoms. The van der Waals surface area contributed by atoms with Crippen molar-refractivity contribution in [3.8, 4) is 0 Å². The maximum atomic E-state index is 14.0. The van der Waals surface area contributed by atoms with Gasteiger partial charge in [-0.15, -0.1) is 0 Å². The Labute approximate surface area is 101 Å². The molecule has 1 saturated carbocycles. The van der Waals surface area contributed by atoms with Crippen molar-refractivity contribution in [2.75, 3.05) is 6.54 Å². The molecule has 17 heavy (non-hydrogen) atoms. The van der Waals surface area contributed by atoms with Gasteiger partial charge in [0.05, 0.1) is 0 Å². The van der Waals surface area contributed by atoms with Gasteiger partial charge in [0.25, 0.3) is 0 Å². The number of hydrogen-bond donors (Lipinski definition) is 1. The largest absolute Gasteiger partial charge is 0.330 e. The number of halogens is 2. The molecule has 0 aliphatic heterocycles. The van der Waals surface area contributed by atoms with Crippen LogP contribution < -0.4 is 5.73 Å². The van der Waals surface area contributed by atoms with Crippen LogP contribution in [0.2, 0.25) is 0 Å². The lowest BCUT2D eigenvalue weighted by Gasteiger charge is -2.37. The van der Waals surface area contributed by atoms with Gasteiger partial charge in [-0.05, 0) is 37.0 Å². The van der Waals surface area contributed by atoms with Gasteiger partial charge in [0.1, 0.15) is 0 Å². The van der Waals surface area contributed by atoms with Crippen LogP contribution in [0.1, 0.15) is 43.2 Å². The third-order valence-electron chi connectivity index (χ3n) is 3.95. The zero-order valence-electron chi connectivity index (χ0n) is 10.2. The first-order valence-corrected chi connectivity index (χ1v) is 6.25. The van der Waals surface area contributed by atoms with Crippen LogP contribution in [0.15, 0.2) is 12.1 Å². The van der Waals surface area contributed by atoms with Gasteiger partial charge in [0.2, 0.25) is 0 Å². The van der Waals surface area contributed by atoms with Crippen LogP contribution in [-0.2, 0) is 5.41 Å². The van der Waals surface area contributed by atoms with E-state index >= 15 is 0 Å². The Morgan fingerprint density at radius 3 is 2.41 bits per heavy atom. The minimum Gasteiger partial charge on any atom is -0.330 e. The first-order chi connectivity index (χ1) is 8.09. The van der Waals surface area contributed by atoms with Crippen molar-refractivity contribution < 1.29 is 8.78 Å². The van der Waals surface area contributed by atoms with E-state index in [-0.39, 0.29) is 5.41 Å². The molecule has 0 atom stereocenters. The highest BCUT2D eigenvalue weighted by Crippen LogP contribution is 2.40. The summed E-state index contributed by atoms with van der Waals surface area (Å²) in [5.74, 6) is -1.46. The van der Waals surface area contributed by atoms with Crippen molar-refractivity contribution in [3.63, 3.8) is 0 Å². The summed E-state index contributed by atoms with van der Waals surface area (Å²) in [5.41, 5.74) is 6.74. The first-order valence-electron chi connectivity index (χ1n) is 6.25. The summed E-state index contributed by atoms with van der Waals surface area (Å²) in [6.45, 7) is 2.19.